The van der Waals surface area contributed by atoms with Crippen LogP contribution in [0, 0.1) is 14.1 Å². The number of aromatic nitrogens is 1. The van der Waals surface area contributed by atoms with Crippen molar-refractivity contribution in [1.29, 1.82) is 0 Å². The summed E-state index contributed by atoms with van der Waals surface area (Å²) in [5.41, 5.74) is 1.77. The maximum absolute atomic E-state index is 12.1. The van der Waals surface area contributed by atoms with Crippen molar-refractivity contribution in [3.63, 3.8) is 0 Å². The van der Waals surface area contributed by atoms with Gasteiger partial charge in [-0.05, 0) is 75.9 Å². The maximum atomic E-state index is 12.1. The van der Waals surface area contributed by atoms with E-state index in [0.717, 1.165) is 12.7 Å². The fourth-order valence-corrected chi connectivity index (χ4v) is 2.38. The molecule has 2 rings (SSSR count). The summed E-state index contributed by atoms with van der Waals surface area (Å²) in [7, 11) is 0. The molecule has 0 atom stereocenters. The Morgan fingerprint density at radius 1 is 1.22 bits per heavy atom. The minimum atomic E-state index is -0.128. The molecule has 0 saturated heterocycles. The monoisotopic (exact) mass is 464 g/mol. The number of rotatable bonds is 2. The van der Waals surface area contributed by atoms with E-state index in [-0.39, 0.29) is 5.91 Å². The van der Waals surface area contributed by atoms with Gasteiger partial charge in [-0.2, -0.15) is 0 Å². The molecule has 3 nitrogen and oxygen atoms in total. The van der Waals surface area contributed by atoms with Gasteiger partial charge in [0.25, 0.3) is 5.91 Å². The van der Waals surface area contributed by atoms with E-state index in [4.69, 9.17) is 0 Å². The molecule has 0 aliphatic carbocycles. The van der Waals surface area contributed by atoms with Gasteiger partial charge in [0.15, 0.2) is 0 Å². The van der Waals surface area contributed by atoms with Gasteiger partial charge in [-0.3, -0.25) is 4.79 Å². The van der Waals surface area contributed by atoms with Crippen LogP contribution in [0.1, 0.15) is 15.9 Å². The van der Waals surface area contributed by atoms with Gasteiger partial charge in [-0.15, -0.1) is 0 Å². The molecule has 0 fully saturated rings. The average molecular weight is 464 g/mol. The molecule has 5 heteroatoms. The summed E-state index contributed by atoms with van der Waals surface area (Å²) >= 11 is 4.36. The summed E-state index contributed by atoms with van der Waals surface area (Å²) in [4.78, 5) is 16.3. The molecular weight excluding hydrogens is 454 g/mol. The summed E-state index contributed by atoms with van der Waals surface area (Å²) < 4.78 is 2.01. The lowest BCUT2D eigenvalue weighted by molar-refractivity contribution is 0.102. The van der Waals surface area contributed by atoms with Gasteiger partial charge in [-0.1, -0.05) is 12.1 Å². The quantitative estimate of drug-likeness (QED) is 0.687. The van der Waals surface area contributed by atoms with Crippen LogP contribution in [-0.4, -0.2) is 10.9 Å². The lowest BCUT2D eigenvalue weighted by Crippen LogP contribution is -2.14. The average Bonchev–Trinajstić information content (AvgIpc) is 2.35. The molecule has 2 aromatic rings. The normalized spacial score (nSPS) is 10.2. The van der Waals surface area contributed by atoms with Crippen molar-refractivity contribution in [2.45, 2.75) is 6.92 Å². The van der Waals surface area contributed by atoms with Crippen LogP contribution in [0.3, 0.4) is 0 Å². The molecule has 1 aromatic heterocycles. The van der Waals surface area contributed by atoms with Crippen molar-refractivity contribution in [3.8, 4) is 0 Å². The van der Waals surface area contributed by atoms with E-state index >= 15 is 0 Å². The Bertz CT molecular complexity index is 582. The number of anilines is 1. The molecule has 18 heavy (non-hydrogen) atoms. The molecule has 0 saturated carbocycles. The van der Waals surface area contributed by atoms with Crippen LogP contribution in [-0.2, 0) is 0 Å². The maximum Gasteiger partial charge on any atom is 0.257 e. The molecule has 92 valence electrons. The largest absolute Gasteiger partial charge is 0.307 e. The van der Waals surface area contributed by atoms with E-state index in [9.17, 15) is 4.79 Å². The molecule has 0 spiro atoms. The standard InChI is InChI=1S/C13H10I2N2O/c1-8-3-2-4-10(12(8)15)13(18)17-11-6-5-9(14)7-16-11/h2-7H,1H3,(H,16,17,18). The van der Waals surface area contributed by atoms with E-state index in [0.29, 0.717) is 11.4 Å². The van der Waals surface area contributed by atoms with Crippen molar-refractivity contribution >= 4 is 56.9 Å². The molecule has 0 unspecified atom stereocenters. The van der Waals surface area contributed by atoms with Crippen LogP contribution in [0.15, 0.2) is 36.5 Å². The number of nitrogens with one attached hydrogen (secondary N) is 1. The van der Waals surface area contributed by atoms with Gasteiger partial charge in [0.05, 0.1) is 5.56 Å². The number of benzene rings is 1. The van der Waals surface area contributed by atoms with E-state index in [1.165, 1.54) is 0 Å². The predicted molar refractivity (Wildman–Crippen MR) is 88.8 cm³/mol. The first-order chi connectivity index (χ1) is 8.58. The third kappa shape index (κ3) is 3.19. The van der Waals surface area contributed by atoms with Crippen LogP contribution in [0.4, 0.5) is 5.82 Å². The fraction of sp³-hybridized carbons (Fsp3) is 0.0769. The highest BCUT2D eigenvalue weighted by atomic mass is 127. The summed E-state index contributed by atoms with van der Waals surface area (Å²) in [6, 6.07) is 9.39. The number of aryl methyl sites for hydroxylation is 1. The molecule has 1 aromatic carbocycles. The number of hydrogen-bond acceptors (Lipinski definition) is 2. The van der Waals surface area contributed by atoms with Crippen LogP contribution < -0.4 is 5.32 Å². The Kier molecular flexibility index (Phi) is 4.55. The molecular formula is C13H10I2N2O. The first kappa shape index (κ1) is 13.7. The summed E-state index contributed by atoms with van der Waals surface area (Å²) in [6.45, 7) is 1.99. The van der Waals surface area contributed by atoms with Crippen LogP contribution in [0.25, 0.3) is 0 Å². The van der Waals surface area contributed by atoms with Crippen LogP contribution >= 0.6 is 45.2 Å². The third-order valence-corrected chi connectivity index (χ3v) is 4.48. The van der Waals surface area contributed by atoms with E-state index in [1.807, 2.05) is 31.2 Å². The second-order valence-electron chi connectivity index (χ2n) is 3.75. The minimum Gasteiger partial charge on any atom is -0.307 e. The SMILES string of the molecule is Cc1cccc(C(=O)Nc2ccc(I)cn2)c1I. The van der Waals surface area contributed by atoms with Gasteiger partial charge in [-0.25, -0.2) is 4.98 Å². The fourth-order valence-electron chi connectivity index (χ4n) is 1.46. The number of carbonyl (C=O) groups is 1. The lowest BCUT2D eigenvalue weighted by Gasteiger charge is -2.07. The number of pyridine rings is 1. The number of halogens is 2. The Labute approximate surface area is 133 Å². The van der Waals surface area contributed by atoms with E-state index < -0.39 is 0 Å². The predicted octanol–water partition coefficient (Wildman–Crippen LogP) is 3.85. The minimum absolute atomic E-state index is 0.128. The molecule has 0 radical (unpaired) electrons. The topological polar surface area (TPSA) is 42.0 Å². The highest BCUT2D eigenvalue weighted by molar-refractivity contribution is 14.1. The molecule has 1 N–H and O–H groups in total. The second kappa shape index (κ2) is 5.96. The molecule has 0 aliphatic heterocycles. The van der Waals surface area contributed by atoms with Gasteiger partial charge in [0.1, 0.15) is 5.82 Å². The Balaban J connectivity index is 2.22. The smallest absolute Gasteiger partial charge is 0.257 e. The first-order valence-electron chi connectivity index (χ1n) is 5.26. The number of amides is 1. The Hall–Kier alpha value is -0.700. The molecule has 0 aliphatic rings. The molecule has 1 amide bonds. The van der Waals surface area contributed by atoms with Crippen molar-refractivity contribution in [2.24, 2.45) is 0 Å². The van der Waals surface area contributed by atoms with E-state index in [2.05, 4.69) is 55.5 Å². The molecule has 1 heterocycles. The summed E-state index contributed by atoms with van der Waals surface area (Å²) in [5, 5.41) is 2.80. The number of nitrogens with zero attached hydrogens (tertiary/aromatic N) is 1. The highest BCUT2D eigenvalue weighted by Gasteiger charge is 2.11. The van der Waals surface area contributed by atoms with Gasteiger partial charge in [0, 0.05) is 13.3 Å². The number of hydrogen-bond donors (Lipinski definition) is 1. The van der Waals surface area contributed by atoms with Crippen molar-refractivity contribution in [2.75, 3.05) is 5.32 Å². The van der Waals surface area contributed by atoms with Crippen molar-refractivity contribution in [3.05, 3.63) is 54.8 Å². The third-order valence-electron chi connectivity index (χ3n) is 2.41. The van der Waals surface area contributed by atoms with Crippen molar-refractivity contribution < 1.29 is 4.79 Å². The van der Waals surface area contributed by atoms with Gasteiger partial charge >= 0.3 is 0 Å². The Morgan fingerprint density at radius 2 is 2.00 bits per heavy atom. The highest BCUT2D eigenvalue weighted by Crippen LogP contribution is 2.18. The van der Waals surface area contributed by atoms with E-state index in [1.54, 1.807) is 12.3 Å². The van der Waals surface area contributed by atoms with Gasteiger partial charge in [0.2, 0.25) is 0 Å². The summed E-state index contributed by atoms with van der Waals surface area (Å²) in [5.74, 6) is 0.439. The van der Waals surface area contributed by atoms with Gasteiger partial charge < -0.3 is 5.32 Å². The summed E-state index contributed by atoms with van der Waals surface area (Å²) in [6.07, 6.45) is 1.72. The Morgan fingerprint density at radius 3 is 2.67 bits per heavy atom. The van der Waals surface area contributed by atoms with Crippen LogP contribution in [0.5, 0.6) is 0 Å². The molecule has 0 bridgehead atoms. The lowest BCUT2D eigenvalue weighted by atomic mass is 10.1. The van der Waals surface area contributed by atoms with Crippen LogP contribution in [0.2, 0.25) is 0 Å². The number of carbonyl (C=O) groups excluding carboxylic acids is 1. The second-order valence-corrected chi connectivity index (χ2v) is 6.08. The van der Waals surface area contributed by atoms with Crippen molar-refractivity contribution in [1.82, 2.24) is 4.98 Å². The zero-order valence-corrected chi connectivity index (χ0v) is 13.9. The first-order valence-corrected chi connectivity index (χ1v) is 7.41. The zero-order chi connectivity index (χ0) is 13.1. The zero-order valence-electron chi connectivity index (χ0n) is 9.58.